The zero-order chi connectivity index (χ0) is 18.0. The summed E-state index contributed by atoms with van der Waals surface area (Å²) in [6.07, 6.45) is 5.04. The molecular weight excluding hydrogens is 389 g/mol. The van der Waals surface area contributed by atoms with Crippen molar-refractivity contribution in [2.45, 2.75) is 25.9 Å². The van der Waals surface area contributed by atoms with Gasteiger partial charge in [-0.15, -0.1) is 0 Å². The highest BCUT2D eigenvalue weighted by molar-refractivity contribution is 9.10. The second-order valence-electron chi connectivity index (χ2n) is 6.08. The number of nitrogens with one attached hydrogen (secondary N) is 1. The van der Waals surface area contributed by atoms with Crippen LogP contribution in [0.4, 0.5) is 10.2 Å². The number of nitrogens with zero attached hydrogens (tertiary/aromatic N) is 4. The molecule has 0 aliphatic rings. The highest BCUT2D eigenvalue weighted by Crippen LogP contribution is 2.24. The number of hydrogen-bond donors (Lipinski definition) is 1. The van der Waals surface area contributed by atoms with Crippen LogP contribution in [0.25, 0.3) is 0 Å². The molecule has 0 aliphatic heterocycles. The van der Waals surface area contributed by atoms with Gasteiger partial charge in [0.15, 0.2) is 5.82 Å². The average Bonchev–Trinajstić information content (AvgIpc) is 3.21. The third-order valence-corrected chi connectivity index (χ3v) is 4.45. The van der Waals surface area contributed by atoms with Crippen molar-refractivity contribution in [2.24, 2.45) is 0 Å². The van der Waals surface area contributed by atoms with Gasteiger partial charge in [0.25, 0.3) is 5.91 Å². The molecule has 2 aromatic heterocycles. The summed E-state index contributed by atoms with van der Waals surface area (Å²) in [6.45, 7) is 3.79. The van der Waals surface area contributed by atoms with Crippen LogP contribution in [0.1, 0.15) is 19.4 Å². The minimum Gasteiger partial charge on any atom is -0.306 e. The van der Waals surface area contributed by atoms with Gasteiger partial charge in [0.05, 0.1) is 11.0 Å². The summed E-state index contributed by atoms with van der Waals surface area (Å²) in [4.78, 5) is 12.6. The minimum absolute atomic E-state index is 0.256. The molecule has 8 heteroatoms. The maximum Gasteiger partial charge on any atom is 0.253 e. The quantitative estimate of drug-likeness (QED) is 0.707. The molecule has 1 amide bonds. The SMILES string of the molecule is CC(C)(C(=O)Nc1nn(Cc2ccccc2F)cc1Br)n1cccn1. The molecule has 0 unspecified atom stereocenters. The van der Waals surface area contributed by atoms with Gasteiger partial charge in [-0.1, -0.05) is 18.2 Å². The number of carbonyl (C=O) groups is 1. The molecule has 3 aromatic rings. The van der Waals surface area contributed by atoms with E-state index in [1.807, 2.05) is 0 Å². The molecule has 0 radical (unpaired) electrons. The summed E-state index contributed by atoms with van der Waals surface area (Å²) in [7, 11) is 0. The molecule has 0 bridgehead atoms. The molecule has 0 saturated carbocycles. The molecule has 0 saturated heterocycles. The fourth-order valence-electron chi connectivity index (χ4n) is 2.33. The van der Waals surface area contributed by atoms with Crippen LogP contribution in [0.5, 0.6) is 0 Å². The smallest absolute Gasteiger partial charge is 0.253 e. The van der Waals surface area contributed by atoms with E-state index in [0.717, 1.165) is 0 Å². The first-order valence-electron chi connectivity index (χ1n) is 7.66. The topological polar surface area (TPSA) is 64.7 Å². The van der Waals surface area contributed by atoms with Crippen LogP contribution in [0, 0.1) is 5.82 Å². The molecule has 1 N–H and O–H groups in total. The molecule has 6 nitrogen and oxygen atoms in total. The van der Waals surface area contributed by atoms with Gasteiger partial charge in [0.1, 0.15) is 11.4 Å². The van der Waals surface area contributed by atoms with Crippen LogP contribution in [-0.2, 0) is 16.9 Å². The van der Waals surface area contributed by atoms with Gasteiger partial charge in [-0.05, 0) is 41.9 Å². The van der Waals surface area contributed by atoms with Gasteiger partial charge < -0.3 is 5.32 Å². The Labute approximate surface area is 152 Å². The lowest BCUT2D eigenvalue weighted by Crippen LogP contribution is -2.40. The Morgan fingerprint density at radius 2 is 2.08 bits per heavy atom. The second kappa shape index (κ2) is 6.79. The number of aromatic nitrogens is 4. The number of amides is 1. The summed E-state index contributed by atoms with van der Waals surface area (Å²) < 4.78 is 17.5. The number of halogens is 2. The average molecular weight is 406 g/mol. The first kappa shape index (κ1) is 17.3. The van der Waals surface area contributed by atoms with Crippen molar-refractivity contribution >= 4 is 27.7 Å². The van der Waals surface area contributed by atoms with E-state index < -0.39 is 5.54 Å². The van der Waals surface area contributed by atoms with E-state index in [0.29, 0.717) is 15.9 Å². The Kier molecular flexibility index (Phi) is 4.71. The number of carbonyl (C=O) groups excluding carboxylic acids is 1. The van der Waals surface area contributed by atoms with Crippen LogP contribution in [0.15, 0.2) is 53.4 Å². The van der Waals surface area contributed by atoms with E-state index in [-0.39, 0.29) is 18.3 Å². The molecule has 1 aromatic carbocycles. The third-order valence-electron chi connectivity index (χ3n) is 3.87. The highest BCUT2D eigenvalue weighted by atomic mass is 79.9. The summed E-state index contributed by atoms with van der Waals surface area (Å²) in [5, 5.41) is 11.2. The molecule has 130 valence electrons. The van der Waals surface area contributed by atoms with Gasteiger partial charge in [-0.25, -0.2) is 4.39 Å². The van der Waals surface area contributed by atoms with Crippen molar-refractivity contribution in [3.8, 4) is 0 Å². The maximum absolute atomic E-state index is 13.8. The lowest BCUT2D eigenvalue weighted by Gasteiger charge is -2.23. The summed E-state index contributed by atoms with van der Waals surface area (Å²) in [6, 6.07) is 8.27. The fraction of sp³-hybridized carbons (Fsp3) is 0.235. The first-order chi connectivity index (χ1) is 11.9. The molecule has 3 rings (SSSR count). The van der Waals surface area contributed by atoms with E-state index in [1.165, 1.54) is 6.07 Å². The van der Waals surface area contributed by atoms with Crippen molar-refractivity contribution < 1.29 is 9.18 Å². The third kappa shape index (κ3) is 3.63. The zero-order valence-corrected chi connectivity index (χ0v) is 15.4. The van der Waals surface area contributed by atoms with E-state index in [2.05, 4.69) is 31.4 Å². The lowest BCUT2D eigenvalue weighted by atomic mass is 10.1. The van der Waals surface area contributed by atoms with Crippen LogP contribution in [0.3, 0.4) is 0 Å². The monoisotopic (exact) mass is 405 g/mol. The largest absolute Gasteiger partial charge is 0.306 e. The predicted molar refractivity (Wildman–Crippen MR) is 95.6 cm³/mol. The van der Waals surface area contributed by atoms with E-state index >= 15 is 0 Å². The zero-order valence-electron chi connectivity index (χ0n) is 13.8. The Morgan fingerprint density at radius 1 is 1.32 bits per heavy atom. The van der Waals surface area contributed by atoms with Gasteiger partial charge in [-0.3, -0.25) is 14.2 Å². The van der Waals surface area contributed by atoms with Crippen molar-refractivity contribution in [1.82, 2.24) is 19.6 Å². The highest BCUT2D eigenvalue weighted by Gasteiger charge is 2.31. The van der Waals surface area contributed by atoms with Crippen LogP contribution in [0.2, 0.25) is 0 Å². The molecule has 2 heterocycles. The van der Waals surface area contributed by atoms with E-state index in [1.54, 1.807) is 66.1 Å². The second-order valence-corrected chi connectivity index (χ2v) is 6.93. The van der Waals surface area contributed by atoms with E-state index in [9.17, 15) is 9.18 Å². The Morgan fingerprint density at radius 3 is 2.76 bits per heavy atom. The summed E-state index contributed by atoms with van der Waals surface area (Å²) in [5.74, 6) is -0.172. The number of anilines is 1. The standard InChI is InChI=1S/C17H17BrFN5O/c1-17(2,24-9-5-8-20-24)16(25)21-15-13(18)11-23(22-15)10-12-6-3-4-7-14(12)19/h3-9,11H,10H2,1-2H3,(H,21,22,25). The van der Waals surface area contributed by atoms with Crippen LogP contribution < -0.4 is 5.32 Å². The molecule has 0 fully saturated rings. The molecule has 0 spiro atoms. The first-order valence-corrected chi connectivity index (χ1v) is 8.45. The van der Waals surface area contributed by atoms with Gasteiger partial charge in [-0.2, -0.15) is 10.2 Å². The van der Waals surface area contributed by atoms with Crippen molar-refractivity contribution in [3.63, 3.8) is 0 Å². The predicted octanol–water partition coefficient (Wildman–Crippen LogP) is 3.40. The maximum atomic E-state index is 13.8. The van der Waals surface area contributed by atoms with Crippen LogP contribution in [-0.4, -0.2) is 25.5 Å². The normalized spacial score (nSPS) is 11.5. The fourth-order valence-corrected chi connectivity index (χ4v) is 2.74. The molecular formula is C17H17BrFN5O. The summed E-state index contributed by atoms with van der Waals surface area (Å²) in [5.41, 5.74) is -0.356. The Hall–Kier alpha value is -2.48. The van der Waals surface area contributed by atoms with Crippen molar-refractivity contribution in [2.75, 3.05) is 5.32 Å². The minimum atomic E-state index is -0.877. The van der Waals surface area contributed by atoms with Gasteiger partial charge in [0.2, 0.25) is 0 Å². The number of hydrogen-bond acceptors (Lipinski definition) is 3. The van der Waals surface area contributed by atoms with Crippen molar-refractivity contribution in [3.05, 3.63) is 64.8 Å². The van der Waals surface area contributed by atoms with Crippen molar-refractivity contribution in [1.29, 1.82) is 0 Å². The number of rotatable bonds is 5. The van der Waals surface area contributed by atoms with Gasteiger partial charge >= 0.3 is 0 Å². The van der Waals surface area contributed by atoms with Gasteiger partial charge in [0, 0.05) is 24.2 Å². The Balaban J connectivity index is 1.77. The molecule has 0 aliphatic carbocycles. The summed E-state index contributed by atoms with van der Waals surface area (Å²) >= 11 is 3.38. The van der Waals surface area contributed by atoms with Crippen LogP contribution >= 0.6 is 15.9 Å². The number of benzene rings is 1. The molecule has 25 heavy (non-hydrogen) atoms. The Bertz CT molecular complexity index is 888. The molecule has 0 atom stereocenters. The van der Waals surface area contributed by atoms with E-state index in [4.69, 9.17) is 0 Å². The lowest BCUT2D eigenvalue weighted by molar-refractivity contribution is -0.123.